The lowest BCUT2D eigenvalue weighted by molar-refractivity contribution is -0.151. The van der Waals surface area contributed by atoms with Gasteiger partial charge in [-0.25, -0.2) is 4.79 Å². The molecule has 98 valence electrons. The molecule has 0 saturated carbocycles. The van der Waals surface area contributed by atoms with Crippen molar-refractivity contribution < 1.29 is 14.3 Å². The first kappa shape index (κ1) is 14.8. The SMILES string of the molecule is COC(=O)[C@@H]1CCCN1C(=O)[C@H](CNP)NP. The maximum atomic E-state index is 12.2. The molecule has 1 amide bonds. The zero-order valence-electron chi connectivity index (χ0n) is 9.81. The number of hydrogen-bond acceptors (Lipinski definition) is 5. The standard InChI is InChI=1S/C9H19N3O3P2/c1-15-9(14)7-3-2-4-12(7)8(13)6(11-17)5-10-16/h6-7,10-11H,2-5,16-17H2,1H3/t6-,7-/m0/s1. The molecule has 0 aromatic heterocycles. The zero-order chi connectivity index (χ0) is 12.8. The monoisotopic (exact) mass is 279 g/mol. The van der Waals surface area contributed by atoms with Crippen molar-refractivity contribution in [3.63, 3.8) is 0 Å². The summed E-state index contributed by atoms with van der Waals surface area (Å²) in [6.45, 7) is 1.09. The Morgan fingerprint density at radius 1 is 1.53 bits per heavy atom. The molecular weight excluding hydrogens is 260 g/mol. The van der Waals surface area contributed by atoms with Crippen molar-refractivity contribution in [1.82, 2.24) is 15.1 Å². The molecule has 1 fully saturated rings. The van der Waals surface area contributed by atoms with Crippen molar-refractivity contribution in [2.75, 3.05) is 20.2 Å². The smallest absolute Gasteiger partial charge is 0.328 e. The quantitative estimate of drug-likeness (QED) is 0.513. The second-order valence-electron chi connectivity index (χ2n) is 3.84. The molecular formula is C9H19N3O3P2. The van der Waals surface area contributed by atoms with Crippen LogP contribution >= 0.6 is 18.8 Å². The van der Waals surface area contributed by atoms with Crippen LogP contribution in [0.1, 0.15) is 12.8 Å². The van der Waals surface area contributed by atoms with Gasteiger partial charge in [-0.05, 0) is 12.8 Å². The van der Waals surface area contributed by atoms with Gasteiger partial charge in [0.2, 0.25) is 5.91 Å². The Labute approximate surface area is 106 Å². The van der Waals surface area contributed by atoms with E-state index in [0.29, 0.717) is 19.5 Å². The average molecular weight is 279 g/mol. The van der Waals surface area contributed by atoms with Crippen LogP contribution in [0, 0.1) is 0 Å². The number of hydrogen-bond donors (Lipinski definition) is 2. The molecule has 0 radical (unpaired) electrons. The molecule has 1 heterocycles. The van der Waals surface area contributed by atoms with Gasteiger partial charge in [0.15, 0.2) is 0 Å². The number of likely N-dealkylation sites (tertiary alicyclic amines) is 1. The van der Waals surface area contributed by atoms with E-state index in [-0.39, 0.29) is 17.9 Å². The Balaban J connectivity index is 2.69. The van der Waals surface area contributed by atoms with E-state index in [9.17, 15) is 9.59 Å². The van der Waals surface area contributed by atoms with E-state index in [1.165, 1.54) is 7.11 Å². The predicted molar refractivity (Wildman–Crippen MR) is 71.1 cm³/mol. The molecule has 6 nitrogen and oxygen atoms in total. The molecule has 0 bridgehead atoms. The number of amides is 1. The summed E-state index contributed by atoms with van der Waals surface area (Å²) in [6, 6.07) is -0.791. The van der Waals surface area contributed by atoms with E-state index < -0.39 is 6.04 Å². The molecule has 8 heteroatoms. The number of nitrogens with zero attached hydrogens (tertiary/aromatic N) is 1. The van der Waals surface area contributed by atoms with Crippen molar-refractivity contribution in [2.45, 2.75) is 24.9 Å². The number of carbonyl (C=O) groups excluding carboxylic acids is 2. The fourth-order valence-corrected chi connectivity index (χ4v) is 2.44. The van der Waals surface area contributed by atoms with Crippen LogP contribution in [0.4, 0.5) is 0 Å². The average Bonchev–Trinajstić information content (AvgIpc) is 2.83. The summed E-state index contributed by atoms with van der Waals surface area (Å²) >= 11 is 0. The molecule has 17 heavy (non-hydrogen) atoms. The van der Waals surface area contributed by atoms with Gasteiger partial charge in [0.05, 0.1) is 7.11 Å². The summed E-state index contributed by atoms with van der Waals surface area (Å²) in [4.78, 5) is 25.3. The van der Waals surface area contributed by atoms with Crippen LogP contribution < -0.4 is 10.2 Å². The number of ether oxygens (including phenoxy) is 1. The normalized spacial score (nSPS) is 21.4. The van der Waals surface area contributed by atoms with Gasteiger partial charge in [0, 0.05) is 13.1 Å². The Kier molecular flexibility index (Phi) is 6.28. The van der Waals surface area contributed by atoms with Gasteiger partial charge >= 0.3 is 5.97 Å². The summed E-state index contributed by atoms with van der Waals surface area (Å²) in [6.07, 6.45) is 1.51. The van der Waals surface area contributed by atoms with Crippen LogP contribution in [0.15, 0.2) is 0 Å². The molecule has 0 spiro atoms. The summed E-state index contributed by atoms with van der Waals surface area (Å²) < 4.78 is 4.71. The minimum absolute atomic E-state index is 0.0807. The maximum absolute atomic E-state index is 12.2. The zero-order valence-corrected chi connectivity index (χ0v) is 12.1. The Hall–Kier alpha value is -0.280. The van der Waals surface area contributed by atoms with Crippen molar-refractivity contribution in [3.8, 4) is 0 Å². The third kappa shape index (κ3) is 3.59. The third-order valence-electron chi connectivity index (χ3n) is 2.83. The lowest BCUT2D eigenvalue weighted by atomic mass is 10.2. The Morgan fingerprint density at radius 2 is 2.24 bits per heavy atom. The Bertz CT molecular complexity index is 291. The van der Waals surface area contributed by atoms with Crippen LogP contribution in [0.2, 0.25) is 0 Å². The predicted octanol–water partition coefficient (Wildman–Crippen LogP) is -0.722. The summed E-state index contributed by atoms with van der Waals surface area (Å²) in [5, 5.41) is 5.71. The fraction of sp³-hybridized carbons (Fsp3) is 0.778. The van der Waals surface area contributed by atoms with E-state index in [2.05, 4.69) is 29.0 Å². The molecule has 2 unspecified atom stereocenters. The van der Waals surface area contributed by atoms with Crippen LogP contribution in [0.5, 0.6) is 0 Å². The van der Waals surface area contributed by atoms with Gasteiger partial charge in [-0.1, -0.05) is 18.8 Å². The van der Waals surface area contributed by atoms with Gasteiger partial charge in [0.1, 0.15) is 12.1 Å². The number of nitrogens with one attached hydrogen (secondary N) is 2. The summed E-state index contributed by atoms with van der Waals surface area (Å²) in [5.74, 6) is -0.417. The van der Waals surface area contributed by atoms with Crippen molar-refractivity contribution in [3.05, 3.63) is 0 Å². The number of methoxy groups -OCH3 is 1. The second-order valence-corrected chi connectivity index (χ2v) is 4.58. The molecule has 4 atom stereocenters. The highest BCUT2D eigenvalue weighted by Crippen LogP contribution is 2.19. The maximum Gasteiger partial charge on any atom is 0.328 e. The molecule has 1 saturated heterocycles. The summed E-state index contributed by atoms with van der Waals surface area (Å²) in [7, 11) is 6.03. The third-order valence-corrected chi connectivity index (χ3v) is 3.47. The first-order valence-corrected chi connectivity index (χ1v) is 6.59. The molecule has 1 aliphatic heterocycles. The minimum atomic E-state index is -0.433. The van der Waals surface area contributed by atoms with Crippen molar-refractivity contribution in [2.24, 2.45) is 0 Å². The lowest BCUT2D eigenvalue weighted by Crippen LogP contribution is -2.51. The van der Waals surface area contributed by atoms with E-state index in [0.717, 1.165) is 6.42 Å². The van der Waals surface area contributed by atoms with E-state index in [1.54, 1.807) is 4.90 Å². The molecule has 1 rings (SSSR count). The van der Waals surface area contributed by atoms with Crippen LogP contribution in [-0.4, -0.2) is 49.1 Å². The first-order chi connectivity index (χ1) is 8.15. The second kappa shape index (κ2) is 7.22. The minimum Gasteiger partial charge on any atom is -0.467 e. The number of esters is 1. The van der Waals surface area contributed by atoms with Gasteiger partial charge in [0.25, 0.3) is 0 Å². The first-order valence-electron chi connectivity index (χ1n) is 5.43. The highest BCUT2D eigenvalue weighted by atomic mass is 31.0. The van der Waals surface area contributed by atoms with Gasteiger partial charge in [-0.2, -0.15) is 0 Å². The molecule has 2 N–H and O–H groups in total. The summed E-state index contributed by atoms with van der Waals surface area (Å²) in [5.41, 5.74) is 0. The van der Waals surface area contributed by atoms with E-state index >= 15 is 0 Å². The van der Waals surface area contributed by atoms with Crippen molar-refractivity contribution in [1.29, 1.82) is 0 Å². The largest absolute Gasteiger partial charge is 0.467 e. The van der Waals surface area contributed by atoms with Gasteiger partial charge in [-0.3, -0.25) is 15.0 Å². The van der Waals surface area contributed by atoms with E-state index in [1.807, 2.05) is 0 Å². The molecule has 0 aromatic rings. The highest BCUT2D eigenvalue weighted by molar-refractivity contribution is 7.14. The molecule has 0 aliphatic carbocycles. The number of carbonyl (C=O) groups is 2. The van der Waals surface area contributed by atoms with Crippen LogP contribution in [0.25, 0.3) is 0 Å². The van der Waals surface area contributed by atoms with Crippen LogP contribution in [0.3, 0.4) is 0 Å². The van der Waals surface area contributed by atoms with E-state index in [4.69, 9.17) is 4.74 Å². The molecule has 0 aromatic carbocycles. The van der Waals surface area contributed by atoms with Gasteiger partial charge in [-0.15, -0.1) is 0 Å². The van der Waals surface area contributed by atoms with Gasteiger partial charge < -0.3 is 9.64 Å². The highest BCUT2D eigenvalue weighted by Gasteiger charge is 2.37. The van der Waals surface area contributed by atoms with Crippen molar-refractivity contribution >= 4 is 30.7 Å². The topological polar surface area (TPSA) is 70.7 Å². The number of rotatable bonds is 5. The molecule has 1 aliphatic rings. The van der Waals surface area contributed by atoms with Crippen LogP contribution in [-0.2, 0) is 14.3 Å². The Morgan fingerprint density at radius 3 is 2.76 bits per heavy atom. The fourth-order valence-electron chi connectivity index (χ4n) is 1.95. The lowest BCUT2D eigenvalue weighted by Gasteiger charge is -2.27.